The van der Waals surface area contributed by atoms with Gasteiger partial charge < -0.3 is 14.7 Å². The van der Waals surface area contributed by atoms with E-state index in [1.165, 1.54) is 0 Å². The monoisotopic (exact) mass is 481 g/mol. The number of carbonyl (C=O) groups excluding carboxylic acids is 2. The maximum absolute atomic E-state index is 13.6. The van der Waals surface area contributed by atoms with Crippen molar-refractivity contribution in [1.29, 1.82) is 0 Å². The standard InChI is InChI=1S/C28H43N5O2/c1-6-13-32-16-12-25(29-32)28(35)31-18-17-30(20-23(4)5)14-9-15-33(27(34)19-22(2)3)26-11-8-7-10-24(26)21-31/h7-8,10-12,16,22-23H,6,9,13-15,17-21H2,1-5H3. The zero-order valence-corrected chi connectivity index (χ0v) is 22.2. The van der Waals surface area contributed by atoms with Crippen LogP contribution in [-0.4, -0.2) is 64.1 Å². The van der Waals surface area contributed by atoms with Crippen molar-refractivity contribution in [1.82, 2.24) is 19.6 Å². The van der Waals surface area contributed by atoms with Crippen LogP contribution >= 0.6 is 0 Å². The lowest BCUT2D eigenvalue weighted by Gasteiger charge is -2.28. The molecule has 0 radical (unpaired) electrons. The van der Waals surface area contributed by atoms with Crippen LogP contribution in [0.3, 0.4) is 0 Å². The number of fused-ring (bicyclic) bond motifs is 1. The molecule has 3 rings (SSSR count). The van der Waals surface area contributed by atoms with Gasteiger partial charge in [0.1, 0.15) is 5.69 Å². The van der Waals surface area contributed by atoms with Gasteiger partial charge in [0.15, 0.2) is 0 Å². The lowest BCUT2D eigenvalue weighted by molar-refractivity contribution is -0.119. The highest BCUT2D eigenvalue weighted by Gasteiger charge is 2.25. The molecular weight excluding hydrogens is 438 g/mol. The van der Waals surface area contributed by atoms with Gasteiger partial charge in [-0.2, -0.15) is 5.10 Å². The van der Waals surface area contributed by atoms with Crippen LogP contribution in [0.15, 0.2) is 36.5 Å². The van der Waals surface area contributed by atoms with Crippen molar-refractivity contribution < 1.29 is 9.59 Å². The van der Waals surface area contributed by atoms with Gasteiger partial charge in [0.25, 0.3) is 5.91 Å². The number of nitrogens with zero attached hydrogens (tertiary/aromatic N) is 5. The van der Waals surface area contributed by atoms with E-state index in [-0.39, 0.29) is 11.8 Å². The number of carbonyl (C=O) groups is 2. The highest BCUT2D eigenvalue weighted by Crippen LogP contribution is 2.25. The molecular formula is C28H43N5O2. The third kappa shape index (κ3) is 7.66. The molecule has 0 atom stereocenters. The minimum atomic E-state index is -0.0570. The van der Waals surface area contributed by atoms with Crippen molar-refractivity contribution in [3.8, 4) is 0 Å². The summed E-state index contributed by atoms with van der Waals surface area (Å²) in [6.45, 7) is 16.0. The average molecular weight is 482 g/mol. The van der Waals surface area contributed by atoms with Crippen molar-refractivity contribution in [3.63, 3.8) is 0 Å². The summed E-state index contributed by atoms with van der Waals surface area (Å²) in [7, 11) is 0. The minimum absolute atomic E-state index is 0.0570. The lowest BCUT2D eigenvalue weighted by Crippen LogP contribution is -2.40. The highest BCUT2D eigenvalue weighted by molar-refractivity contribution is 5.95. The Morgan fingerprint density at radius 3 is 2.46 bits per heavy atom. The van der Waals surface area contributed by atoms with E-state index in [9.17, 15) is 9.59 Å². The van der Waals surface area contributed by atoms with E-state index >= 15 is 0 Å². The fourth-order valence-corrected chi connectivity index (χ4v) is 4.72. The van der Waals surface area contributed by atoms with Crippen molar-refractivity contribution in [2.24, 2.45) is 11.8 Å². The van der Waals surface area contributed by atoms with E-state index in [0.717, 1.165) is 50.3 Å². The fourth-order valence-electron chi connectivity index (χ4n) is 4.72. The van der Waals surface area contributed by atoms with Crippen LogP contribution in [0.25, 0.3) is 0 Å². The molecule has 0 N–H and O–H groups in total. The molecule has 1 aliphatic rings. The Morgan fingerprint density at radius 1 is 0.971 bits per heavy atom. The van der Waals surface area contributed by atoms with Gasteiger partial charge >= 0.3 is 0 Å². The average Bonchev–Trinajstić information content (AvgIpc) is 3.25. The summed E-state index contributed by atoms with van der Waals surface area (Å²) in [5.41, 5.74) is 2.40. The third-order valence-electron chi connectivity index (χ3n) is 6.29. The molecule has 1 aromatic heterocycles. The van der Waals surface area contributed by atoms with Crippen LogP contribution in [0.2, 0.25) is 0 Å². The van der Waals surface area contributed by atoms with E-state index in [0.29, 0.717) is 43.6 Å². The maximum Gasteiger partial charge on any atom is 0.274 e. The number of hydrogen-bond acceptors (Lipinski definition) is 4. The number of benzene rings is 1. The summed E-state index contributed by atoms with van der Waals surface area (Å²) in [5.74, 6) is 0.920. The van der Waals surface area contributed by atoms with Crippen molar-refractivity contribution in [2.75, 3.05) is 37.6 Å². The molecule has 2 aromatic rings. The molecule has 7 heteroatoms. The predicted octanol–water partition coefficient (Wildman–Crippen LogP) is 4.68. The van der Waals surface area contributed by atoms with Crippen LogP contribution < -0.4 is 4.90 Å². The summed E-state index contributed by atoms with van der Waals surface area (Å²) >= 11 is 0. The molecule has 0 saturated heterocycles. The molecule has 1 aromatic carbocycles. The normalized spacial score (nSPS) is 15.9. The second kappa shape index (κ2) is 12.9. The van der Waals surface area contributed by atoms with Gasteiger partial charge in [0.05, 0.1) is 0 Å². The number of amides is 2. The van der Waals surface area contributed by atoms with Gasteiger partial charge in [-0.3, -0.25) is 14.3 Å². The van der Waals surface area contributed by atoms with E-state index in [2.05, 4.69) is 44.6 Å². The quantitative estimate of drug-likeness (QED) is 0.576. The summed E-state index contributed by atoms with van der Waals surface area (Å²) in [5, 5.41) is 4.54. The summed E-state index contributed by atoms with van der Waals surface area (Å²) in [4.78, 5) is 33.2. The van der Waals surface area contributed by atoms with Gasteiger partial charge in [-0.1, -0.05) is 52.8 Å². The van der Waals surface area contributed by atoms with Crippen LogP contribution in [0.4, 0.5) is 5.69 Å². The first-order chi connectivity index (χ1) is 16.8. The number of aromatic nitrogens is 2. The van der Waals surface area contributed by atoms with Crippen LogP contribution in [-0.2, 0) is 17.9 Å². The van der Waals surface area contributed by atoms with Gasteiger partial charge in [0.2, 0.25) is 5.91 Å². The van der Waals surface area contributed by atoms with Crippen LogP contribution in [0, 0.1) is 11.8 Å². The number of rotatable bonds is 7. The molecule has 0 bridgehead atoms. The molecule has 35 heavy (non-hydrogen) atoms. The van der Waals surface area contributed by atoms with E-state index in [1.54, 1.807) is 0 Å². The van der Waals surface area contributed by atoms with E-state index < -0.39 is 0 Å². The van der Waals surface area contributed by atoms with Gasteiger partial charge in [-0.05, 0) is 48.9 Å². The number of para-hydroxylation sites is 1. The van der Waals surface area contributed by atoms with Crippen molar-refractivity contribution in [2.45, 2.75) is 67.0 Å². The Bertz CT molecular complexity index is 968. The van der Waals surface area contributed by atoms with Crippen LogP contribution in [0.5, 0.6) is 0 Å². The molecule has 1 aliphatic heterocycles. The van der Waals surface area contributed by atoms with Crippen LogP contribution in [0.1, 0.15) is 69.9 Å². The largest absolute Gasteiger partial charge is 0.332 e. The number of aryl methyl sites for hydroxylation is 1. The molecule has 7 nitrogen and oxygen atoms in total. The number of anilines is 1. The highest BCUT2D eigenvalue weighted by atomic mass is 16.2. The zero-order valence-electron chi connectivity index (χ0n) is 22.2. The molecule has 0 aliphatic carbocycles. The van der Waals surface area contributed by atoms with Crippen molar-refractivity contribution >= 4 is 17.5 Å². The maximum atomic E-state index is 13.6. The molecule has 2 amide bonds. The Hall–Kier alpha value is -2.67. The topological polar surface area (TPSA) is 61.7 Å². The summed E-state index contributed by atoms with van der Waals surface area (Å²) in [6.07, 6.45) is 4.27. The van der Waals surface area contributed by atoms with E-state index in [4.69, 9.17) is 0 Å². The lowest BCUT2D eigenvalue weighted by atomic mass is 10.1. The van der Waals surface area contributed by atoms with Gasteiger partial charge in [-0.15, -0.1) is 0 Å². The first-order valence-corrected chi connectivity index (χ1v) is 13.2. The molecule has 0 unspecified atom stereocenters. The summed E-state index contributed by atoms with van der Waals surface area (Å²) < 4.78 is 1.84. The minimum Gasteiger partial charge on any atom is -0.332 e. The molecule has 0 saturated carbocycles. The van der Waals surface area contributed by atoms with Gasteiger partial charge in [0, 0.05) is 57.6 Å². The predicted molar refractivity (Wildman–Crippen MR) is 141 cm³/mol. The molecule has 2 heterocycles. The second-order valence-electron chi connectivity index (χ2n) is 10.5. The third-order valence-corrected chi connectivity index (χ3v) is 6.29. The number of hydrogen-bond donors (Lipinski definition) is 0. The Kier molecular flexibility index (Phi) is 9.90. The molecule has 0 spiro atoms. The molecule has 0 fully saturated rings. The zero-order chi connectivity index (χ0) is 25.4. The Balaban J connectivity index is 1.95. The Labute approximate surface area is 211 Å². The van der Waals surface area contributed by atoms with E-state index in [1.807, 2.05) is 51.0 Å². The second-order valence-corrected chi connectivity index (χ2v) is 10.5. The summed E-state index contributed by atoms with van der Waals surface area (Å²) in [6, 6.07) is 9.87. The molecule has 192 valence electrons. The first-order valence-electron chi connectivity index (χ1n) is 13.2. The smallest absolute Gasteiger partial charge is 0.274 e. The first kappa shape index (κ1) is 26.9. The SMILES string of the molecule is CCCn1ccc(C(=O)N2CCN(CC(C)C)CCCN(C(=O)CC(C)C)c3ccccc3C2)n1. The van der Waals surface area contributed by atoms with Gasteiger partial charge in [-0.25, -0.2) is 0 Å². The Morgan fingerprint density at radius 2 is 1.74 bits per heavy atom. The van der Waals surface area contributed by atoms with Crippen molar-refractivity contribution in [3.05, 3.63) is 47.8 Å². The fraction of sp³-hybridized carbons (Fsp3) is 0.607.